The van der Waals surface area contributed by atoms with E-state index >= 15 is 0 Å². The highest BCUT2D eigenvalue weighted by atomic mass is 79.9. The fourth-order valence-electron chi connectivity index (χ4n) is 2.76. The number of rotatable bonds is 7. The van der Waals surface area contributed by atoms with Crippen LogP contribution in [0.4, 0.5) is 11.4 Å². The Morgan fingerprint density at radius 2 is 1.79 bits per heavy atom. The molecule has 0 unspecified atom stereocenters. The number of carbonyl (C=O) groups is 3. The first-order valence-electron chi connectivity index (χ1n) is 9.99. The Labute approximate surface area is 209 Å². The molecule has 3 aromatic carbocycles. The molecule has 10 heteroatoms. The Morgan fingerprint density at radius 3 is 2.56 bits per heavy atom. The van der Waals surface area contributed by atoms with E-state index in [1.54, 1.807) is 48.5 Å². The molecule has 0 radical (unpaired) electrons. The molecule has 174 valence electrons. The monoisotopic (exact) mass is 542 g/mol. The van der Waals surface area contributed by atoms with Gasteiger partial charge in [-0.1, -0.05) is 45.7 Å². The third-order valence-electron chi connectivity index (χ3n) is 4.36. The molecule has 8 nitrogen and oxygen atoms in total. The van der Waals surface area contributed by atoms with E-state index in [0.29, 0.717) is 27.7 Å². The minimum atomic E-state index is -0.941. The predicted octanol–water partition coefficient (Wildman–Crippen LogP) is 4.52. The second-order valence-corrected chi connectivity index (χ2v) is 8.38. The quantitative estimate of drug-likeness (QED) is 0.231. The average Bonchev–Trinajstić information content (AvgIpc) is 2.80. The van der Waals surface area contributed by atoms with Gasteiger partial charge in [-0.05, 0) is 66.6 Å². The Kier molecular flexibility index (Phi) is 8.78. The van der Waals surface area contributed by atoms with Crippen molar-refractivity contribution in [3.05, 3.63) is 87.4 Å². The van der Waals surface area contributed by atoms with Gasteiger partial charge in [0.1, 0.15) is 5.75 Å². The third kappa shape index (κ3) is 7.72. The molecule has 3 aromatic rings. The summed E-state index contributed by atoms with van der Waals surface area (Å²) in [5, 5.41) is 9.43. The number of hydrazone groups is 1. The van der Waals surface area contributed by atoms with Crippen LogP contribution in [0.5, 0.6) is 5.75 Å². The van der Waals surface area contributed by atoms with Crippen molar-refractivity contribution in [2.75, 3.05) is 17.2 Å². The first kappa shape index (κ1) is 24.9. The summed E-state index contributed by atoms with van der Waals surface area (Å²) in [5.74, 6) is -1.69. The topological polar surface area (TPSA) is 109 Å². The average molecular weight is 544 g/mol. The van der Waals surface area contributed by atoms with E-state index in [0.717, 1.165) is 10.0 Å². The predicted molar refractivity (Wildman–Crippen MR) is 135 cm³/mol. The van der Waals surface area contributed by atoms with Crippen LogP contribution in [0, 0.1) is 6.92 Å². The maximum atomic E-state index is 12.2. The van der Waals surface area contributed by atoms with E-state index in [2.05, 4.69) is 37.1 Å². The van der Waals surface area contributed by atoms with Crippen molar-refractivity contribution in [1.82, 2.24) is 5.43 Å². The molecule has 0 saturated heterocycles. The molecule has 3 amide bonds. The largest absolute Gasteiger partial charge is 0.484 e. The van der Waals surface area contributed by atoms with E-state index in [9.17, 15) is 14.4 Å². The van der Waals surface area contributed by atoms with Gasteiger partial charge in [-0.15, -0.1) is 0 Å². The van der Waals surface area contributed by atoms with E-state index in [-0.39, 0.29) is 12.5 Å². The van der Waals surface area contributed by atoms with Gasteiger partial charge in [0.25, 0.3) is 5.91 Å². The van der Waals surface area contributed by atoms with Crippen LogP contribution in [0.15, 0.2) is 76.3 Å². The lowest BCUT2D eigenvalue weighted by molar-refractivity contribution is -0.136. The molecular formula is C24H20BrClN4O4. The van der Waals surface area contributed by atoms with E-state index in [1.165, 1.54) is 12.3 Å². The first-order valence-corrected chi connectivity index (χ1v) is 11.2. The minimum absolute atomic E-state index is 0.184. The molecule has 34 heavy (non-hydrogen) atoms. The number of aryl methyl sites for hydroxylation is 1. The summed E-state index contributed by atoms with van der Waals surface area (Å²) in [6.45, 7) is 1.71. The zero-order valence-electron chi connectivity index (χ0n) is 18.0. The van der Waals surface area contributed by atoms with Gasteiger partial charge in [0, 0.05) is 20.9 Å². The summed E-state index contributed by atoms with van der Waals surface area (Å²) in [4.78, 5) is 36.1. The maximum absolute atomic E-state index is 12.2. The molecule has 0 aliphatic carbocycles. The second kappa shape index (κ2) is 12.0. The first-order chi connectivity index (χ1) is 16.3. The number of halogens is 2. The van der Waals surface area contributed by atoms with Gasteiger partial charge < -0.3 is 15.4 Å². The molecule has 0 saturated carbocycles. The molecule has 3 N–H and O–H groups in total. The Balaban J connectivity index is 1.49. The van der Waals surface area contributed by atoms with E-state index < -0.39 is 11.8 Å². The van der Waals surface area contributed by atoms with Crippen molar-refractivity contribution in [3.63, 3.8) is 0 Å². The van der Waals surface area contributed by atoms with Crippen LogP contribution in [-0.4, -0.2) is 30.5 Å². The minimum Gasteiger partial charge on any atom is -0.484 e. The number of benzene rings is 3. The fourth-order valence-corrected chi connectivity index (χ4v) is 3.42. The Hall–Kier alpha value is -3.69. The van der Waals surface area contributed by atoms with E-state index in [4.69, 9.17) is 16.3 Å². The molecule has 0 heterocycles. The molecule has 0 aliphatic heterocycles. The molecule has 3 rings (SSSR count). The smallest absolute Gasteiger partial charge is 0.329 e. The second-order valence-electron chi connectivity index (χ2n) is 7.03. The van der Waals surface area contributed by atoms with Crippen molar-refractivity contribution in [1.29, 1.82) is 0 Å². The van der Waals surface area contributed by atoms with Gasteiger partial charge in [-0.25, -0.2) is 5.43 Å². The van der Waals surface area contributed by atoms with Crippen molar-refractivity contribution < 1.29 is 19.1 Å². The van der Waals surface area contributed by atoms with Crippen molar-refractivity contribution in [2.45, 2.75) is 6.92 Å². The van der Waals surface area contributed by atoms with Crippen LogP contribution in [0.1, 0.15) is 11.1 Å². The van der Waals surface area contributed by atoms with Crippen LogP contribution in [0.2, 0.25) is 5.02 Å². The van der Waals surface area contributed by atoms with Gasteiger partial charge in [0.05, 0.1) is 6.21 Å². The highest BCUT2D eigenvalue weighted by molar-refractivity contribution is 9.10. The van der Waals surface area contributed by atoms with Crippen molar-refractivity contribution in [2.24, 2.45) is 5.10 Å². The summed E-state index contributed by atoms with van der Waals surface area (Å²) in [6, 6.07) is 18.7. The van der Waals surface area contributed by atoms with Gasteiger partial charge in [-0.3, -0.25) is 14.4 Å². The Morgan fingerprint density at radius 1 is 1.00 bits per heavy atom. The normalized spacial score (nSPS) is 10.6. The highest BCUT2D eigenvalue weighted by Gasteiger charge is 2.13. The lowest BCUT2D eigenvalue weighted by Crippen LogP contribution is -2.32. The molecule has 0 fully saturated rings. The van der Waals surface area contributed by atoms with Crippen molar-refractivity contribution >= 4 is 62.8 Å². The van der Waals surface area contributed by atoms with Gasteiger partial charge in [-0.2, -0.15) is 5.10 Å². The summed E-state index contributed by atoms with van der Waals surface area (Å²) in [7, 11) is 0. The number of amides is 3. The third-order valence-corrected chi connectivity index (χ3v) is 5.09. The summed E-state index contributed by atoms with van der Waals surface area (Å²) in [6.07, 6.45) is 1.35. The SMILES string of the molecule is Cc1cc(Br)ccc1NC(=O)COc1cccc(/C=N\NC(=O)C(=O)Nc2cccc(Cl)c2)c1. The van der Waals surface area contributed by atoms with Crippen molar-refractivity contribution in [3.8, 4) is 5.75 Å². The molecule has 0 atom stereocenters. The summed E-state index contributed by atoms with van der Waals surface area (Å²) in [5.41, 5.74) is 4.76. The standard InChI is InChI=1S/C24H20BrClN4O4/c1-15-10-17(25)8-9-21(15)29-22(31)14-34-20-7-2-4-16(11-20)13-27-30-24(33)23(32)28-19-6-3-5-18(26)12-19/h2-13H,14H2,1H3,(H,28,32)(H,29,31)(H,30,33)/b27-13-. The van der Waals surface area contributed by atoms with Crippen LogP contribution in [0.3, 0.4) is 0 Å². The van der Waals surface area contributed by atoms with Crippen LogP contribution in [0.25, 0.3) is 0 Å². The number of hydrogen-bond donors (Lipinski definition) is 3. The fraction of sp³-hybridized carbons (Fsp3) is 0.0833. The molecule has 0 bridgehead atoms. The maximum Gasteiger partial charge on any atom is 0.329 e. The summed E-state index contributed by atoms with van der Waals surface area (Å²) < 4.78 is 6.47. The zero-order valence-corrected chi connectivity index (χ0v) is 20.3. The number of ether oxygens (including phenoxy) is 1. The highest BCUT2D eigenvalue weighted by Crippen LogP contribution is 2.20. The number of anilines is 2. The lowest BCUT2D eigenvalue weighted by atomic mass is 10.2. The number of nitrogens with zero attached hydrogens (tertiary/aromatic N) is 1. The zero-order chi connectivity index (χ0) is 24.5. The molecular weight excluding hydrogens is 524 g/mol. The molecule has 0 aliphatic rings. The number of carbonyl (C=O) groups excluding carboxylic acids is 3. The molecule has 0 spiro atoms. The molecule has 0 aromatic heterocycles. The van der Waals surface area contributed by atoms with Gasteiger partial charge in [0.15, 0.2) is 6.61 Å². The van der Waals surface area contributed by atoms with Crippen LogP contribution >= 0.6 is 27.5 Å². The van der Waals surface area contributed by atoms with Crippen LogP contribution < -0.4 is 20.8 Å². The lowest BCUT2D eigenvalue weighted by Gasteiger charge is -2.10. The number of hydrogen-bond acceptors (Lipinski definition) is 5. The van der Waals surface area contributed by atoms with Crippen LogP contribution in [-0.2, 0) is 14.4 Å². The van der Waals surface area contributed by atoms with Gasteiger partial charge in [0.2, 0.25) is 0 Å². The summed E-state index contributed by atoms with van der Waals surface area (Å²) >= 11 is 9.23. The van der Waals surface area contributed by atoms with E-state index in [1.807, 2.05) is 19.1 Å². The number of nitrogens with one attached hydrogen (secondary N) is 3. The Bertz CT molecular complexity index is 1250. The van der Waals surface area contributed by atoms with Gasteiger partial charge >= 0.3 is 11.8 Å².